The lowest BCUT2D eigenvalue weighted by atomic mass is 9.97. The van der Waals surface area contributed by atoms with E-state index in [9.17, 15) is 4.79 Å². The molecule has 0 unspecified atom stereocenters. The number of anilines is 1. The molecule has 2 saturated heterocycles. The van der Waals surface area contributed by atoms with Crippen LogP contribution in [-0.2, 0) is 4.74 Å². The first-order chi connectivity index (χ1) is 12.7. The minimum Gasteiger partial charge on any atom is -0.380 e. The SMILES string of the molecule is N#Cc1cccc(N[C@H]2CO[C@]3(CCN(C(=O)c4ccncc4)C3)C2)c1. The Labute approximate surface area is 152 Å². The van der Waals surface area contributed by atoms with E-state index < -0.39 is 0 Å². The van der Waals surface area contributed by atoms with Gasteiger partial charge in [0.15, 0.2) is 0 Å². The first-order valence-electron chi connectivity index (χ1n) is 8.77. The number of hydrogen-bond acceptors (Lipinski definition) is 5. The molecule has 2 aliphatic rings. The van der Waals surface area contributed by atoms with Gasteiger partial charge in [-0.3, -0.25) is 9.78 Å². The van der Waals surface area contributed by atoms with Gasteiger partial charge >= 0.3 is 0 Å². The van der Waals surface area contributed by atoms with Crippen molar-refractivity contribution in [3.8, 4) is 6.07 Å². The van der Waals surface area contributed by atoms with E-state index in [-0.39, 0.29) is 17.6 Å². The summed E-state index contributed by atoms with van der Waals surface area (Å²) in [7, 11) is 0. The van der Waals surface area contributed by atoms with E-state index in [1.54, 1.807) is 30.6 Å². The van der Waals surface area contributed by atoms with Crippen molar-refractivity contribution in [2.24, 2.45) is 0 Å². The van der Waals surface area contributed by atoms with Gasteiger partial charge in [-0.15, -0.1) is 0 Å². The molecule has 4 rings (SSSR count). The highest BCUT2D eigenvalue weighted by molar-refractivity contribution is 5.94. The zero-order valence-corrected chi connectivity index (χ0v) is 14.4. The normalized spacial score (nSPS) is 24.6. The third-order valence-corrected chi connectivity index (χ3v) is 5.10. The Kier molecular flexibility index (Phi) is 4.31. The zero-order chi connectivity index (χ0) is 18.0. The van der Waals surface area contributed by atoms with Crippen LogP contribution in [0.2, 0.25) is 0 Å². The van der Waals surface area contributed by atoms with Gasteiger partial charge < -0.3 is 15.0 Å². The number of benzene rings is 1. The van der Waals surface area contributed by atoms with Crippen LogP contribution in [0.5, 0.6) is 0 Å². The van der Waals surface area contributed by atoms with Crippen LogP contribution in [0.25, 0.3) is 0 Å². The fraction of sp³-hybridized carbons (Fsp3) is 0.350. The molecule has 1 amide bonds. The Hall–Kier alpha value is -2.91. The number of nitrogens with one attached hydrogen (secondary N) is 1. The van der Waals surface area contributed by atoms with Crippen LogP contribution >= 0.6 is 0 Å². The molecule has 0 aliphatic carbocycles. The largest absolute Gasteiger partial charge is 0.380 e. The van der Waals surface area contributed by atoms with E-state index in [0.29, 0.717) is 30.8 Å². The molecule has 1 spiro atoms. The van der Waals surface area contributed by atoms with Crippen LogP contribution < -0.4 is 5.32 Å². The predicted molar refractivity (Wildman–Crippen MR) is 96.6 cm³/mol. The van der Waals surface area contributed by atoms with Crippen molar-refractivity contribution in [1.82, 2.24) is 9.88 Å². The molecule has 2 fully saturated rings. The molecule has 0 radical (unpaired) electrons. The van der Waals surface area contributed by atoms with Crippen LogP contribution in [0.3, 0.4) is 0 Å². The monoisotopic (exact) mass is 348 g/mol. The van der Waals surface area contributed by atoms with Gasteiger partial charge in [0.2, 0.25) is 0 Å². The summed E-state index contributed by atoms with van der Waals surface area (Å²) in [6.45, 7) is 1.93. The predicted octanol–water partition coefficient (Wildman–Crippen LogP) is 2.44. The van der Waals surface area contributed by atoms with Crippen LogP contribution in [0.1, 0.15) is 28.8 Å². The van der Waals surface area contributed by atoms with E-state index in [1.165, 1.54) is 0 Å². The lowest BCUT2D eigenvalue weighted by Crippen LogP contribution is -2.36. The van der Waals surface area contributed by atoms with Gasteiger partial charge in [0.05, 0.1) is 36.4 Å². The molecule has 3 heterocycles. The molecule has 6 heteroatoms. The summed E-state index contributed by atoms with van der Waals surface area (Å²) in [5.74, 6) is 0.0333. The number of amides is 1. The molecule has 132 valence electrons. The number of rotatable bonds is 3. The standard InChI is InChI=1S/C20H20N4O2/c21-12-15-2-1-3-17(10-15)23-18-11-20(26-13-18)6-9-24(14-20)19(25)16-4-7-22-8-5-16/h1-5,7-8,10,18,23H,6,9,11,13-14H2/t18-,20-/m1/s1. The molecular weight excluding hydrogens is 328 g/mol. The smallest absolute Gasteiger partial charge is 0.254 e. The molecule has 2 atom stereocenters. The van der Waals surface area contributed by atoms with Gasteiger partial charge in [-0.1, -0.05) is 6.07 Å². The fourth-order valence-electron chi connectivity index (χ4n) is 3.83. The highest BCUT2D eigenvalue weighted by Crippen LogP contribution is 2.36. The van der Waals surface area contributed by atoms with Crippen LogP contribution in [-0.4, -0.2) is 47.1 Å². The Morgan fingerprint density at radius 2 is 2.19 bits per heavy atom. The van der Waals surface area contributed by atoms with Crippen molar-refractivity contribution >= 4 is 11.6 Å². The second kappa shape index (κ2) is 6.77. The van der Waals surface area contributed by atoms with Crippen molar-refractivity contribution < 1.29 is 9.53 Å². The highest BCUT2D eigenvalue weighted by atomic mass is 16.5. The van der Waals surface area contributed by atoms with Gasteiger partial charge in [0, 0.05) is 36.6 Å². The van der Waals surface area contributed by atoms with E-state index in [4.69, 9.17) is 10.00 Å². The lowest BCUT2D eigenvalue weighted by Gasteiger charge is -2.23. The van der Waals surface area contributed by atoms with Gasteiger partial charge in [-0.05, 0) is 36.8 Å². The van der Waals surface area contributed by atoms with Gasteiger partial charge in [0.25, 0.3) is 5.91 Å². The van der Waals surface area contributed by atoms with Crippen LogP contribution in [0.4, 0.5) is 5.69 Å². The molecule has 0 bridgehead atoms. The number of likely N-dealkylation sites (tertiary alicyclic amines) is 1. The molecule has 1 aromatic heterocycles. The minimum absolute atomic E-state index is 0.0333. The molecule has 2 aliphatic heterocycles. The molecular formula is C20H20N4O2. The summed E-state index contributed by atoms with van der Waals surface area (Å²) in [6.07, 6.45) is 4.98. The number of aromatic nitrogens is 1. The van der Waals surface area contributed by atoms with Gasteiger partial charge in [0.1, 0.15) is 0 Å². The summed E-state index contributed by atoms with van der Waals surface area (Å²) >= 11 is 0. The first-order valence-corrected chi connectivity index (χ1v) is 8.77. The molecule has 1 N–H and O–H groups in total. The van der Waals surface area contributed by atoms with Crippen molar-refractivity contribution in [3.05, 3.63) is 59.9 Å². The summed E-state index contributed by atoms with van der Waals surface area (Å²) in [5, 5.41) is 12.5. The number of ether oxygens (including phenoxy) is 1. The lowest BCUT2D eigenvalue weighted by molar-refractivity contribution is 0.0125. The van der Waals surface area contributed by atoms with E-state index in [2.05, 4.69) is 16.4 Å². The Morgan fingerprint density at radius 3 is 3.00 bits per heavy atom. The fourth-order valence-corrected chi connectivity index (χ4v) is 3.83. The highest BCUT2D eigenvalue weighted by Gasteiger charge is 2.46. The number of carbonyl (C=O) groups excluding carboxylic acids is 1. The Balaban J connectivity index is 1.39. The maximum Gasteiger partial charge on any atom is 0.254 e. The van der Waals surface area contributed by atoms with Crippen molar-refractivity contribution in [2.75, 3.05) is 25.0 Å². The third kappa shape index (κ3) is 3.26. The Bertz CT molecular complexity index is 848. The number of hydrogen-bond donors (Lipinski definition) is 1. The van der Waals surface area contributed by atoms with Gasteiger partial charge in [-0.2, -0.15) is 5.26 Å². The molecule has 1 aromatic carbocycles. The van der Waals surface area contributed by atoms with Crippen LogP contribution in [0.15, 0.2) is 48.8 Å². The topological polar surface area (TPSA) is 78.2 Å². The van der Waals surface area contributed by atoms with E-state index >= 15 is 0 Å². The molecule has 2 aromatic rings. The van der Waals surface area contributed by atoms with Crippen molar-refractivity contribution in [1.29, 1.82) is 5.26 Å². The van der Waals surface area contributed by atoms with Crippen molar-refractivity contribution in [2.45, 2.75) is 24.5 Å². The summed E-state index contributed by atoms with van der Waals surface area (Å²) < 4.78 is 6.13. The van der Waals surface area contributed by atoms with Crippen molar-refractivity contribution in [3.63, 3.8) is 0 Å². The maximum atomic E-state index is 12.6. The number of carbonyl (C=O) groups is 1. The third-order valence-electron chi connectivity index (χ3n) is 5.10. The van der Waals surface area contributed by atoms with Gasteiger partial charge in [-0.25, -0.2) is 0 Å². The molecule has 6 nitrogen and oxygen atoms in total. The average molecular weight is 348 g/mol. The number of nitriles is 1. The first kappa shape index (κ1) is 16.6. The quantitative estimate of drug-likeness (QED) is 0.922. The number of pyridine rings is 1. The maximum absolute atomic E-state index is 12.6. The molecule has 0 saturated carbocycles. The second-order valence-electron chi connectivity index (χ2n) is 6.94. The zero-order valence-electron chi connectivity index (χ0n) is 14.4. The van der Waals surface area contributed by atoms with Crippen LogP contribution in [0, 0.1) is 11.3 Å². The summed E-state index contributed by atoms with van der Waals surface area (Å²) in [4.78, 5) is 18.5. The summed E-state index contributed by atoms with van der Waals surface area (Å²) in [6, 6.07) is 13.3. The Morgan fingerprint density at radius 1 is 1.35 bits per heavy atom. The van der Waals surface area contributed by atoms with E-state index in [0.717, 1.165) is 18.5 Å². The van der Waals surface area contributed by atoms with E-state index in [1.807, 2.05) is 23.1 Å². The number of nitrogens with zero attached hydrogens (tertiary/aromatic N) is 3. The average Bonchev–Trinajstić information content (AvgIpc) is 3.28. The molecule has 26 heavy (non-hydrogen) atoms. The summed E-state index contributed by atoms with van der Waals surface area (Å²) in [5.41, 5.74) is 1.96. The second-order valence-corrected chi connectivity index (χ2v) is 6.94. The minimum atomic E-state index is -0.271.